The second-order valence-corrected chi connectivity index (χ2v) is 6.42. The highest BCUT2D eigenvalue weighted by molar-refractivity contribution is 6.32. The quantitative estimate of drug-likeness (QED) is 0.875. The van der Waals surface area contributed by atoms with Crippen LogP contribution in [0.2, 0.25) is 5.02 Å². The molecular formula is C18H17ClN2O4. The summed E-state index contributed by atoms with van der Waals surface area (Å²) in [6.45, 7) is 3.13. The highest BCUT2D eigenvalue weighted by atomic mass is 35.5. The highest BCUT2D eigenvalue weighted by Crippen LogP contribution is 2.38. The Morgan fingerprint density at radius 1 is 1.24 bits per heavy atom. The van der Waals surface area contributed by atoms with Crippen molar-refractivity contribution in [3.8, 4) is 11.5 Å². The van der Waals surface area contributed by atoms with Gasteiger partial charge in [-0.1, -0.05) is 29.8 Å². The first kappa shape index (κ1) is 17.1. The van der Waals surface area contributed by atoms with Gasteiger partial charge in [0, 0.05) is 0 Å². The van der Waals surface area contributed by atoms with Gasteiger partial charge in [-0.3, -0.25) is 9.59 Å². The Morgan fingerprint density at radius 2 is 2.00 bits per heavy atom. The van der Waals surface area contributed by atoms with E-state index in [1.807, 2.05) is 0 Å². The van der Waals surface area contributed by atoms with Crippen molar-refractivity contribution < 1.29 is 19.1 Å². The molecule has 3 rings (SSSR count). The van der Waals surface area contributed by atoms with Crippen LogP contribution in [0.1, 0.15) is 13.8 Å². The zero-order valence-corrected chi connectivity index (χ0v) is 14.5. The largest absolute Gasteiger partial charge is 0.482 e. The van der Waals surface area contributed by atoms with Crippen LogP contribution in [0.4, 0.5) is 11.4 Å². The Balaban J connectivity index is 1.71. The van der Waals surface area contributed by atoms with E-state index in [9.17, 15) is 9.59 Å². The first-order valence-electron chi connectivity index (χ1n) is 7.67. The molecule has 0 atom stereocenters. The van der Waals surface area contributed by atoms with Crippen molar-refractivity contribution in [2.45, 2.75) is 19.4 Å². The Labute approximate surface area is 150 Å². The van der Waals surface area contributed by atoms with E-state index < -0.39 is 5.60 Å². The van der Waals surface area contributed by atoms with Gasteiger partial charge in [0.15, 0.2) is 12.2 Å². The molecule has 6 nitrogen and oxygen atoms in total. The molecule has 2 aromatic carbocycles. The maximum atomic E-state index is 12.2. The minimum Gasteiger partial charge on any atom is -0.482 e. The van der Waals surface area contributed by atoms with E-state index in [-0.39, 0.29) is 18.4 Å². The van der Waals surface area contributed by atoms with Crippen molar-refractivity contribution in [1.82, 2.24) is 0 Å². The Kier molecular flexibility index (Phi) is 4.55. The van der Waals surface area contributed by atoms with Crippen LogP contribution in [0.5, 0.6) is 11.5 Å². The van der Waals surface area contributed by atoms with Gasteiger partial charge in [-0.05, 0) is 38.1 Å². The average Bonchev–Trinajstić information content (AvgIpc) is 2.55. The van der Waals surface area contributed by atoms with Crippen molar-refractivity contribution in [3.05, 3.63) is 47.5 Å². The van der Waals surface area contributed by atoms with Gasteiger partial charge < -0.3 is 20.1 Å². The summed E-state index contributed by atoms with van der Waals surface area (Å²) in [6.07, 6.45) is 0. The third kappa shape index (κ3) is 3.69. The molecule has 0 aliphatic carbocycles. The van der Waals surface area contributed by atoms with E-state index in [2.05, 4.69) is 10.6 Å². The lowest BCUT2D eigenvalue weighted by Crippen LogP contribution is -2.45. The first-order chi connectivity index (χ1) is 11.9. The van der Waals surface area contributed by atoms with E-state index in [4.69, 9.17) is 21.1 Å². The molecule has 25 heavy (non-hydrogen) atoms. The molecule has 0 fully saturated rings. The summed E-state index contributed by atoms with van der Waals surface area (Å²) in [7, 11) is 0. The van der Waals surface area contributed by atoms with Crippen LogP contribution in [0.25, 0.3) is 0 Å². The molecule has 2 aromatic rings. The van der Waals surface area contributed by atoms with Gasteiger partial charge in [-0.15, -0.1) is 0 Å². The summed E-state index contributed by atoms with van der Waals surface area (Å²) in [4.78, 5) is 24.2. The van der Waals surface area contributed by atoms with Crippen LogP contribution < -0.4 is 20.1 Å². The number of para-hydroxylation sites is 2. The van der Waals surface area contributed by atoms with E-state index in [1.54, 1.807) is 56.3 Å². The monoisotopic (exact) mass is 360 g/mol. The fourth-order valence-electron chi connectivity index (χ4n) is 2.33. The highest BCUT2D eigenvalue weighted by Gasteiger charge is 2.36. The smallest absolute Gasteiger partial charge is 0.268 e. The third-order valence-corrected chi connectivity index (χ3v) is 3.96. The molecule has 0 saturated carbocycles. The Hall–Kier alpha value is -2.73. The number of nitrogens with one attached hydrogen (secondary N) is 2. The number of carbonyl (C=O) groups is 2. The summed E-state index contributed by atoms with van der Waals surface area (Å²) in [5.41, 5.74) is -0.102. The molecule has 1 aliphatic heterocycles. The molecule has 0 saturated heterocycles. The van der Waals surface area contributed by atoms with Gasteiger partial charge in [0.2, 0.25) is 0 Å². The number of rotatable bonds is 4. The van der Waals surface area contributed by atoms with Crippen molar-refractivity contribution >= 4 is 34.8 Å². The standard InChI is InChI=1S/C18H17ClN2O4/c1-18(2)17(23)21-16-12(7-5-9-14(16)25-18)20-15(22)10-24-13-8-4-3-6-11(13)19/h3-9H,10H2,1-2H3,(H,20,22)(H,21,23). The fraction of sp³-hybridized carbons (Fsp3) is 0.222. The second kappa shape index (κ2) is 6.64. The molecule has 7 heteroatoms. The predicted octanol–water partition coefficient (Wildman–Crippen LogP) is 3.47. The number of benzene rings is 2. The van der Waals surface area contributed by atoms with Crippen molar-refractivity contribution in [2.24, 2.45) is 0 Å². The molecule has 1 aliphatic rings. The zero-order valence-electron chi connectivity index (χ0n) is 13.8. The summed E-state index contributed by atoms with van der Waals surface area (Å²) in [5, 5.41) is 5.90. The molecular weight excluding hydrogens is 344 g/mol. The summed E-state index contributed by atoms with van der Waals surface area (Å²) in [5.74, 6) is 0.253. The SMILES string of the molecule is CC1(C)Oc2cccc(NC(=O)COc3ccccc3Cl)c2NC1=O. The van der Waals surface area contributed by atoms with Crippen molar-refractivity contribution in [1.29, 1.82) is 0 Å². The lowest BCUT2D eigenvalue weighted by molar-refractivity contribution is -0.129. The number of ether oxygens (including phenoxy) is 2. The molecule has 0 aromatic heterocycles. The molecule has 0 spiro atoms. The van der Waals surface area contributed by atoms with Crippen LogP contribution >= 0.6 is 11.6 Å². The van der Waals surface area contributed by atoms with Gasteiger partial charge in [0.05, 0.1) is 10.7 Å². The number of anilines is 2. The number of hydrogen-bond donors (Lipinski definition) is 2. The number of carbonyl (C=O) groups excluding carboxylic acids is 2. The minimum absolute atomic E-state index is 0.215. The van der Waals surface area contributed by atoms with E-state index in [0.717, 1.165) is 0 Å². The first-order valence-corrected chi connectivity index (χ1v) is 8.05. The minimum atomic E-state index is -0.969. The molecule has 2 amide bonds. The third-order valence-electron chi connectivity index (χ3n) is 3.65. The van der Waals surface area contributed by atoms with Crippen LogP contribution in [0, 0.1) is 0 Å². The molecule has 2 N–H and O–H groups in total. The van der Waals surface area contributed by atoms with E-state index in [1.165, 1.54) is 0 Å². The molecule has 1 heterocycles. The van der Waals surface area contributed by atoms with Gasteiger partial charge in [-0.2, -0.15) is 0 Å². The predicted molar refractivity (Wildman–Crippen MR) is 95.4 cm³/mol. The van der Waals surface area contributed by atoms with Gasteiger partial charge >= 0.3 is 0 Å². The maximum Gasteiger partial charge on any atom is 0.268 e. The molecule has 130 valence electrons. The summed E-state index contributed by atoms with van der Waals surface area (Å²) in [6, 6.07) is 12.0. The van der Waals surface area contributed by atoms with Gasteiger partial charge in [-0.25, -0.2) is 0 Å². The number of halogens is 1. The van der Waals surface area contributed by atoms with Gasteiger partial charge in [0.25, 0.3) is 11.8 Å². The lowest BCUT2D eigenvalue weighted by Gasteiger charge is -2.32. The van der Waals surface area contributed by atoms with Gasteiger partial charge in [0.1, 0.15) is 17.2 Å². The number of hydrogen-bond acceptors (Lipinski definition) is 4. The van der Waals surface area contributed by atoms with Crippen LogP contribution in [-0.2, 0) is 9.59 Å². The fourth-order valence-corrected chi connectivity index (χ4v) is 2.52. The maximum absolute atomic E-state index is 12.2. The van der Waals surface area contributed by atoms with Crippen LogP contribution in [0.3, 0.4) is 0 Å². The van der Waals surface area contributed by atoms with Crippen LogP contribution in [-0.4, -0.2) is 24.0 Å². The van der Waals surface area contributed by atoms with Crippen molar-refractivity contribution in [2.75, 3.05) is 17.2 Å². The van der Waals surface area contributed by atoms with E-state index >= 15 is 0 Å². The summed E-state index contributed by atoms with van der Waals surface area (Å²) < 4.78 is 11.1. The zero-order chi connectivity index (χ0) is 18.0. The van der Waals surface area contributed by atoms with Crippen LogP contribution in [0.15, 0.2) is 42.5 Å². The number of fused-ring (bicyclic) bond motifs is 1. The lowest BCUT2D eigenvalue weighted by atomic mass is 10.1. The van der Waals surface area contributed by atoms with E-state index in [0.29, 0.717) is 27.9 Å². The summed E-state index contributed by atoms with van der Waals surface area (Å²) >= 11 is 5.98. The topological polar surface area (TPSA) is 76.7 Å². The average molecular weight is 361 g/mol. The molecule has 0 unspecified atom stereocenters. The second-order valence-electron chi connectivity index (χ2n) is 6.01. The molecule has 0 radical (unpaired) electrons. The number of amides is 2. The molecule has 0 bridgehead atoms. The van der Waals surface area contributed by atoms with Crippen molar-refractivity contribution in [3.63, 3.8) is 0 Å². The normalized spacial score (nSPS) is 14.8. The Morgan fingerprint density at radius 3 is 2.76 bits per heavy atom. The Bertz CT molecular complexity index is 836.